The molecule has 1 aliphatic heterocycles. The lowest BCUT2D eigenvalue weighted by Crippen LogP contribution is -2.32. The lowest BCUT2D eigenvalue weighted by Gasteiger charge is -2.32. The maximum atomic E-state index is 2.59. The summed E-state index contributed by atoms with van der Waals surface area (Å²) in [5.41, 5.74) is 4.45. The molecule has 0 saturated carbocycles. The minimum Gasteiger partial charge on any atom is -0.299 e. The van der Waals surface area contributed by atoms with Crippen molar-refractivity contribution in [1.82, 2.24) is 4.90 Å². The molecule has 1 nitrogen and oxygen atoms in total. The minimum atomic E-state index is 0.753. The molecular weight excluding hydrogens is 278 g/mol. The van der Waals surface area contributed by atoms with Crippen molar-refractivity contribution >= 4 is 0 Å². The van der Waals surface area contributed by atoms with Crippen LogP contribution in [0, 0.1) is 6.92 Å². The third kappa shape index (κ3) is 5.51. The Morgan fingerprint density at radius 1 is 0.870 bits per heavy atom. The van der Waals surface area contributed by atoms with Crippen LogP contribution in [0.3, 0.4) is 0 Å². The third-order valence-corrected chi connectivity index (χ3v) is 4.46. The molecular formula is C22H31N. The molecule has 1 heteroatoms. The van der Waals surface area contributed by atoms with E-state index in [9.17, 15) is 0 Å². The number of hydrogen-bond donors (Lipinski definition) is 0. The Kier molecular flexibility index (Phi) is 7.35. The molecule has 0 N–H and O–H groups in total. The van der Waals surface area contributed by atoms with E-state index in [0.29, 0.717) is 0 Å². The quantitative estimate of drug-likeness (QED) is 0.693. The number of hydrogen-bond acceptors (Lipinski definition) is 1. The molecule has 0 bridgehead atoms. The lowest BCUT2D eigenvalue weighted by molar-refractivity contribution is 0.204. The van der Waals surface area contributed by atoms with E-state index in [-0.39, 0.29) is 0 Å². The van der Waals surface area contributed by atoms with Crippen LogP contribution in [0.4, 0.5) is 0 Å². The van der Waals surface area contributed by atoms with Crippen molar-refractivity contribution in [3.05, 3.63) is 71.3 Å². The summed E-state index contributed by atoms with van der Waals surface area (Å²) in [6.45, 7) is 10.0. The zero-order chi connectivity index (χ0) is 16.5. The van der Waals surface area contributed by atoms with Crippen molar-refractivity contribution in [2.24, 2.45) is 0 Å². The number of nitrogens with zero attached hydrogens (tertiary/aromatic N) is 1. The minimum absolute atomic E-state index is 0.753. The van der Waals surface area contributed by atoms with Crippen LogP contribution < -0.4 is 0 Å². The first kappa shape index (κ1) is 17.7. The number of aryl methyl sites for hydroxylation is 1. The first-order chi connectivity index (χ1) is 11.2. The van der Waals surface area contributed by atoms with Crippen LogP contribution in [0.2, 0.25) is 0 Å². The normalized spacial score (nSPS) is 15.8. The van der Waals surface area contributed by atoms with Gasteiger partial charge in [-0.15, -0.1) is 0 Å². The number of likely N-dealkylation sites (tertiary alicyclic amines) is 1. The summed E-state index contributed by atoms with van der Waals surface area (Å²) >= 11 is 0. The van der Waals surface area contributed by atoms with Gasteiger partial charge in [0.2, 0.25) is 0 Å². The van der Waals surface area contributed by atoms with Crippen LogP contribution in [0.15, 0.2) is 54.6 Å². The Morgan fingerprint density at radius 2 is 1.43 bits per heavy atom. The highest BCUT2D eigenvalue weighted by molar-refractivity contribution is 5.29. The van der Waals surface area contributed by atoms with Crippen molar-refractivity contribution in [3.8, 4) is 0 Å². The maximum Gasteiger partial charge on any atom is 0.0233 e. The molecule has 3 rings (SSSR count). The highest BCUT2D eigenvalue weighted by Gasteiger charge is 2.21. The Hall–Kier alpha value is -1.60. The fourth-order valence-corrected chi connectivity index (χ4v) is 3.29. The van der Waals surface area contributed by atoms with Gasteiger partial charge in [-0.2, -0.15) is 0 Å². The molecule has 2 aromatic rings. The second-order valence-electron chi connectivity index (χ2n) is 6.60. The molecule has 0 atom stereocenters. The summed E-state index contributed by atoms with van der Waals surface area (Å²) in [5.74, 6) is 0.753. The SMILES string of the molecule is CCC.Cc1ccccc1C1CCN(Cc2ccccc2)CC1. The van der Waals surface area contributed by atoms with E-state index in [2.05, 4.69) is 80.3 Å². The van der Waals surface area contributed by atoms with Crippen LogP contribution in [-0.4, -0.2) is 18.0 Å². The molecule has 1 saturated heterocycles. The van der Waals surface area contributed by atoms with Crippen molar-refractivity contribution in [1.29, 1.82) is 0 Å². The molecule has 0 spiro atoms. The molecule has 0 radical (unpaired) electrons. The molecule has 2 aromatic carbocycles. The fourth-order valence-electron chi connectivity index (χ4n) is 3.29. The van der Waals surface area contributed by atoms with Gasteiger partial charge in [0.1, 0.15) is 0 Å². The lowest BCUT2D eigenvalue weighted by atomic mass is 9.87. The van der Waals surface area contributed by atoms with E-state index in [4.69, 9.17) is 0 Å². The first-order valence-corrected chi connectivity index (χ1v) is 9.06. The second kappa shape index (κ2) is 9.52. The van der Waals surface area contributed by atoms with E-state index in [1.165, 1.54) is 43.5 Å². The van der Waals surface area contributed by atoms with Gasteiger partial charge in [-0.25, -0.2) is 0 Å². The topological polar surface area (TPSA) is 3.24 Å². The predicted molar refractivity (Wildman–Crippen MR) is 101 cm³/mol. The van der Waals surface area contributed by atoms with Crippen molar-refractivity contribution in [2.45, 2.75) is 52.5 Å². The van der Waals surface area contributed by atoms with Crippen molar-refractivity contribution in [3.63, 3.8) is 0 Å². The van der Waals surface area contributed by atoms with Crippen LogP contribution in [0.5, 0.6) is 0 Å². The van der Waals surface area contributed by atoms with Gasteiger partial charge in [0.15, 0.2) is 0 Å². The van der Waals surface area contributed by atoms with E-state index < -0.39 is 0 Å². The summed E-state index contributed by atoms with van der Waals surface area (Å²) < 4.78 is 0. The Balaban J connectivity index is 0.000000595. The van der Waals surface area contributed by atoms with Gasteiger partial charge < -0.3 is 0 Å². The van der Waals surface area contributed by atoms with Crippen LogP contribution in [0.25, 0.3) is 0 Å². The largest absolute Gasteiger partial charge is 0.299 e. The molecule has 1 aliphatic rings. The van der Waals surface area contributed by atoms with Gasteiger partial charge in [0.05, 0.1) is 0 Å². The fraction of sp³-hybridized carbons (Fsp3) is 0.455. The average Bonchev–Trinajstić information content (AvgIpc) is 2.58. The average molecular weight is 309 g/mol. The first-order valence-electron chi connectivity index (χ1n) is 9.06. The zero-order valence-electron chi connectivity index (χ0n) is 15.0. The summed E-state index contributed by atoms with van der Waals surface area (Å²) in [4.78, 5) is 2.59. The van der Waals surface area contributed by atoms with Crippen LogP contribution >= 0.6 is 0 Å². The van der Waals surface area contributed by atoms with E-state index in [0.717, 1.165) is 12.5 Å². The van der Waals surface area contributed by atoms with E-state index in [1.54, 1.807) is 5.56 Å². The van der Waals surface area contributed by atoms with Gasteiger partial charge in [0.25, 0.3) is 0 Å². The maximum absolute atomic E-state index is 2.59. The van der Waals surface area contributed by atoms with Gasteiger partial charge in [0, 0.05) is 6.54 Å². The van der Waals surface area contributed by atoms with Crippen LogP contribution in [0.1, 0.15) is 55.7 Å². The summed E-state index contributed by atoms with van der Waals surface area (Å²) in [6.07, 6.45) is 3.83. The van der Waals surface area contributed by atoms with Gasteiger partial charge >= 0.3 is 0 Å². The number of rotatable bonds is 3. The number of piperidine rings is 1. The highest BCUT2D eigenvalue weighted by Crippen LogP contribution is 2.30. The summed E-state index contributed by atoms with van der Waals surface area (Å²) in [7, 11) is 0. The zero-order valence-corrected chi connectivity index (χ0v) is 15.0. The molecule has 0 unspecified atom stereocenters. The van der Waals surface area contributed by atoms with Crippen molar-refractivity contribution in [2.75, 3.05) is 13.1 Å². The molecule has 23 heavy (non-hydrogen) atoms. The molecule has 0 amide bonds. The highest BCUT2D eigenvalue weighted by atomic mass is 15.1. The molecule has 1 heterocycles. The standard InChI is InChI=1S/C19H23N.C3H8/c1-16-7-5-6-10-19(16)18-11-13-20(14-12-18)15-17-8-3-2-4-9-17;1-3-2/h2-10,18H,11-15H2,1H3;3H2,1-2H3. The van der Waals surface area contributed by atoms with E-state index >= 15 is 0 Å². The molecule has 124 valence electrons. The Morgan fingerprint density at radius 3 is 2.04 bits per heavy atom. The van der Waals surface area contributed by atoms with Crippen molar-refractivity contribution < 1.29 is 0 Å². The van der Waals surface area contributed by atoms with Gasteiger partial charge in [-0.1, -0.05) is 74.9 Å². The Bertz CT molecular complexity index is 553. The Labute approximate surface area is 142 Å². The van der Waals surface area contributed by atoms with Gasteiger partial charge in [-0.3, -0.25) is 4.90 Å². The summed E-state index contributed by atoms with van der Waals surface area (Å²) in [5, 5.41) is 0. The summed E-state index contributed by atoms with van der Waals surface area (Å²) in [6, 6.07) is 19.7. The second-order valence-corrected chi connectivity index (χ2v) is 6.60. The molecule has 0 aromatic heterocycles. The third-order valence-electron chi connectivity index (χ3n) is 4.46. The van der Waals surface area contributed by atoms with E-state index in [1.807, 2.05) is 0 Å². The molecule has 1 fully saturated rings. The van der Waals surface area contributed by atoms with Crippen LogP contribution in [-0.2, 0) is 6.54 Å². The smallest absolute Gasteiger partial charge is 0.0233 e. The number of benzene rings is 2. The van der Waals surface area contributed by atoms with Gasteiger partial charge in [-0.05, 0) is 55.5 Å². The predicted octanol–water partition coefficient (Wildman–Crippen LogP) is 5.79. The molecule has 0 aliphatic carbocycles. The monoisotopic (exact) mass is 309 g/mol.